The van der Waals surface area contributed by atoms with Gasteiger partial charge in [0.2, 0.25) is 15.9 Å². The molecule has 1 unspecified atom stereocenters. The van der Waals surface area contributed by atoms with Crippen molar-refractivity contribution in [3.05, 3.63) is 35.9 Å². The number of nitrogens with zero attached hydrogens (tertiary/aromatic N) is 2. The van der Waals surface area contributed by atoms with Crippen molar-refractivity contribution in [1.29, 1.82) is 0 Å². The van der Waals surface area contributed by atoms with Crippen LogP contribution in [0.3, 0.4) is 0 Å². The number of carbonyl (C=O) groups is 1. The smallest absolute Gasteiger partial charge is 0.222 e. The average molecular weight is 377 g/mol. The van der Waals surface area contributed by atoms with Crippen molar-refractivity contribution in [3.63, 3.8) is 0 Å². The van der Waals surface area contributed by atoms with Crippen molar-refractivity contribution in [2.24, 2.45) is 5.41 Å². The Morgan fingerprint density at radius 2 is 1.85 bits per heavy atom. The molecule has 0 radical (unpaired) electrons. The Labute approximate surface area is 156 Å². The molecule has 2 saturated heterocycles. The fourth-order valence-corrected chi connectivity index (χ4v) is 6.50. The van der Waals surface area contributed by atoms with E-state index in [9.17, 15) is 13.2 Å². The third-order valence-corrected chi connectivity index (χ3v) is 8.54. The van der Waals surface area contributed by atoms with Gasteiger partial charge in [0.25, 0.3) is 0 Å². The lowest BCUT2D eigenvalue weighted by Gasteiger charge is -2.47. The van der Waals surface area contributed by atoms with Gasteiger partial charge < -0.3 is 4.90 Å². The van der Waals surface area contributed by atoms with Gasteiger partial charge in [-0.15, -0.1) is 0 Å². The number of piperidine rings is 2. The molecule has 1 aromatic carbocycles. The second-order valence-electron chi connectivity index (χ2n) is 8.23. The highest BCUT2D eigenvalue weighted by Gasteiger charge is 2.47. The summed E-state index contributed by atoms with van der Waals surface area (Å²) in [7, 11) is -3.12. The normalized spacial score (nSPS) is 27.8. The summed E-state index contributed by atoms with van der Waals surface area (Å²) in [6.45, 7) is 2.68. The van der Waals surface area contributed by atoms with Gasteiger partial charge >= 0.3 is 0 Å². The Bertz CT molecular complexity index is 761. The first-order valence-electron chi connectivity index (χ1n) is 9.79. The second kappa shape index (κ2) is 6.97. The molecule has 142 valence electrons. The summed E-state index contributed by atoms with van der Waals surface area (Å²) in [4.78, 5) is 14.4. The van der Waals surface area contributed by atoms with Gasteiger partial charge in [0, 0.05) is 38.0 Å². The largest absolute Gasteiger partial charge is 0.342 e. The van der Waals surface area contributed by atoms with E-state index in [0.29, 0.717) is 26.1 Å². The topological polar surface area (TPSA) is 57.7 Å². The molecule has 0 bridgehead atoms. The van der Waals surface area contributed by atoms with Crippen LogP contribution < -0.4 is 0 Å². The van der Waals surface area contributed by atoms with E-state index in [0.717, 1.165) is 45.1 Å². The predicted octanol–water partition coefficient (Wildman–Crippen LogP) is 2.43. The van der Waals surface area contributed by atoms with Crippen LogP contribution in [0.5, 0.6) is 0 Å². The van der Waals surface area contributed by atoms with Gasteiger partial charge in [0.15, 0.2) is 0 Å². The van der Waals surface area contributed by atoms with Crippen molar-refractivity contribution >= 4 is 15.9 Å². The van der Waals surface area contributed by atoms with Crippen LogP contribution in [0.25, 0.3) is 0 Å². The van der Waals surface area contributed by atoms with Crippen LogP contribution in [0.4, 0.5) is 0 Å². The monoisotopic (exact) mass is 376 g/mol. The number of rotatable bonds is 5. The number of likely N-dealkylation sites (tertiary alicyclic amines) is 1. The molecule has 2 heterocycles. The standard InChI is InChI=1S/C20H28N2O3S/c23-19-9-12-20(15-21(19)14-10-17-5-2-1-3-6-17)11-4-13-22(16-20)26(24,25)18-7-8-18/h1-3,5-6,18H,4,7-16H2. The summed E-state index contributed by atoms with van der Waals surface area (Å²) in [6.07, 6.45) is 5.79. The lowest BCUT2D eigenvalue weighted by atomic mass is 9.74. The summed E-state index contributed by atoms with van der Waals surface area (Å²) >= 11 is 0. The summed E-state index contributed by atoms with van der Waals surface area (Å²) in [5.41, 5.74) is 1.19. The molecule has 1 aliphatic carbocycles. The zero-order valence-electron chi connectivity index (χ0n) is 15.3. The molecular weight excluding hydrogens is 348 g/mol. The second-order valence-corrected chi connectivity index (χ2v) is 10.4. The van der Waals surface area contributed by atoms with E-state index in [1.165, 1.54) is 5.56 Å². The first kappa shape index (κ1) is 18.0. The minimum Gasteiger partial charge on any atom is -0.342 e. The SMILES string of the molecule is O=C1CCC2(CCCN(S(=O)(=O)C3CC3)C2)CN1CCc1ccccc1. The third-order valence-electron chi connectivity index (χ3n) is 6.19. The highest BCUT2D eigenvalue weighted by molar-refractivity contribution is 7.90. The molecule has 5 nitrogen and oxygen atoms in total. The third kappa shape index (κ3) is 3.67. The van der Waals surface area contributed by atoms with Crippen LogP contribution >= 0.6 is 0 Å². The molecule has 3 aliphatic rings. The Hall–Kier alpha value is -1.40. The maximum Gasteiger partial charge on any atom is 0.222 e. The molecule has 1 atom stereocenters. The van der Waals surface area contributed by atoms with Crippen molar-refractivity contribution in [1.82, 2.24) is 9.21 Å². The van der Waals surface area contributed by atoms with E-state index < -0.39 is 10.0 Å². The summed E-state index contributed by atoms with van der Waals surface area (Å²) in [5, 5.41) is -0.142. The summed E-state index contributed by atoms with van der Waals surface area (Å²) in [5.74, 6) is 0.216. The van der Waals surface area contributed by atoms with Crippen LogP contribution in [0.2, 0.25) is 0 Å². The molecule has 3 fully saturated rings. The lowest BCUT2D eigenvalue weighted by molar-refractivity contribution is -0.138. The van der Waals surface area contributed by atoms with Gasteiger partial charge in [0.05, 0.1) is 5.25 Å². The molecule has 6 heteroatoms. The first-order valence-corrected chi connectivity index (χ1v) is 11.3. The molecule has 4 rings (SSSR count). The highest BCUT2D eigenvalue weighted by Crippen LogP contribution is 2.42. The van der Waals surface area contributed by atoms with Gasteiger partial charge in [-0.25, -0.2) is 12.7 Å². The maximum atomic E-state index is 12.7. The number of amides is 1. The molecule has 1 saturated carbocycles. The van der Waals surface area contributed by atoms with Gasteiger partial charge in [-0.3, -0.25) is 4.79 Å². The zero-order chi connectivity index (χ0) is 18.2. The van der Waals surface area contributed by atoms with E-state index in [-0.39, 0.29) is 16.6 Å². The summed E-state index contributed by atoms with van der Waals surface area (Å²) in [6, 6.07) is 10.2. The first-order chi connectivity index (χ1) is 12.5. The molecule has 1 spiro atoms. The van der Waals surface area contributed by atoms with E-state index in [2.05, 4.69) is 12.1 Å². The maximum absolute atomic E-state index is 12.7. The lowest BCUT2D eigenvalue weighted by Crippen LogP contribution is -2.55. The number of hydrogen-bond donors (Lipinski definition) is 0. The number of sulfonamides is 1. The van der Waals surface area contributed by atoms with Gasteiger partial charge in [-0.1, -0.05) is 30.3 Å². The van der Waals surface area contributed by atoms with Crippen molar-refractivity contribution in [2.45, 2.75) is 50.2 Å². The van der Waals surface area contributed by atoms with Crippen LogP contribution in [0.1, 0.15) is 44.1 Å². The van der Waals surface area contributed by atoms with Gasteiger partial charge in [-0.05, 0) is 44.1 Å². The Morgan fingerprint density at radius 1 is 1.08 bits per heavy atom. The zero-order valence-corrected chi connectivity index (χ0v) is 16.1. The Kier molecular flexibility index (Phi) is 4.82. The van der Waals surface area contributed by atoms with Gasteiger partial charge in [0.1, 0.15) is 0 Å². The number of hydrogen-bond acceptors (Lipinski definition) is 3. The van der Waals surface area contributed by atoms with Crippen molar-refractivity contribution < 1.29 is 13.2 Å². The Morgan fingerprint density at radius 3 is 2.58 bits per heavy atom. The van der Waals surface area contributed by atoms with E-state index >= 15 is 0 Å². The molecule has 26 heavy (non-hydrogen) atoms. The molecule has 0 N–H and O–H groups in total. The van der Waals surface area contributed by atoms with Gasteiger partial charge in [-0.2, -0.15) is 0 Å². The quantitative estimate of drug-likeness (QED) is 0.793. The molecule has 1 aromatic rings. The summed E-state index contributed by atoms with van der Waals surface area (Å²) < 4.78 is 27.1. The number of carbonyl (C=O) groups excluding carboxylic acids is 1. The average Bonchev–Trinajstić information content (AvgIpc) is 3.50. The predicted molar refractivity (Wildman–Crippen MR) is 101 cm³/mol. The Balaban J connectivity index is 1.43. The van der Waals surface area contributed by atoms with Crippen LogP contribution in [-0.2, 0) is 21.2 Å². The number of benzene rings is 1. The van der Waals surface area contributed by atoms with Crippen LogP contribution in [-0.4, -0.2) is 55.0 Å². The molecule has 0 aromatic heterocycles. The van der Waals surface area contributed by atoms with Crippen LogP contribution in [0.15, 0.2) is 30.3 Å². The van der Waals surface area contributed by atoms with E-state index in [1.807, 2.05) is 23.1 Å². The molecular formula is C20H28N2O3S. The molecule has 1 amide bonds. The van der Waals surface area contributed by atoms with Crippen molar-refractivity contribution in [2.75, 3.05) is 26.2 Å². The van der Waals surface area contributed by atoms with Crippen molar-refractivity contribution in [3.8, 4) is 0 Å². The van der Waals surface area contributed by atoms with E-state index in [1.54, 1.807) is 4.31 Å². The molecule has 2 aliphatic heterocycles. The minimum absolute atomic E-state index is 0.0508. The highest BCUT2D eigenvalue weighted by atomic mass is 32.2. The minimum atomic E-state index is -3.12. The fourth-order valence-electron chi connectivity index (χ4n) is 4.50. The van der Waals surface area contributed by atoms with E-state index in [4.69, 9.17) is 0 Å². The van der Waals surface area contributed by atoms with Crippen LogP contribution in [0, 0.1) is 5.41 Å². The fraction of sp³-hybridized carbons (Fsp3) is 0.650.